The summed E-state index contributed by atoms with van der Waals surface area (Å²) in [5.74, 6) is -0.342. The van der Waals surface area contributed by atoms with Crippen LogP contribution < -0.4 is 0 Å². The SMILES string of the molecule is CC(=O)/C=C\[C@@H]1CC[C@@H](CC(=O)OCc2ccccc2)OO1. The first-order valence-corrected chi connectivity index (χ1v) is 7.34. The summed E-state index contributed by atoms with van der Waals surface area (Å²) in [7, 11) is 0. The highest BCUT2D eigenvalue weighted by molar-refractivity contribution is 5.87. The largest absolute Gasteiger partial charge is 0.461 e. The van der Waals surface area contributed by atoms with Crippen LogP contribution in [0.5, 0.6) is 0 Å². The number of carbonyl (C=O) groups excluding carboxylic acids is 2. The molecule has 118 valence electrons. The van der Waals surface area contributed by atoms with Crippen molar-refractivity contribution in [3.05, 3.63) is 48.0 Å². The second kappa shape index (κ2) is 8.46. The molecule has 22 heavy (non-hydrogen) atoms. The van der Waals surface area contributed by atoms with Gasteiger partial charge in [0.05, 0.1) is 6.42 Å². The lowest BCUT2D eigenvalue weighted by Crippen LogP contribution is -2.28. The van der Waals surface area contributed by atoms with Crippen LogP contribution in [0.4, 0.5) is 0 Å². The molecule has 1 saturated heterocycles. The van der Waals surface area contributed by atoms with E-state index in [9.17, 15) is 9.59 Å². The highest BCUT2D eigenvalue weighted by Gasteiger charge is 2.24. The Morgan fingerprint density at radius 3 is 2.64 bits per heavy atom. The lowest BCUT2D eigenvalue weighted by atomic mass is 10.1. The Labute approximate surface area is 129 Å². The smallest absolute Gasteiger partial charge is 0.308 e. The molecule has 0 radical (unpaired) electrons. The summed E-state index contributed by atoms with van der Waals surface area (Å²) >= 11 is 0. The van der Waals surface area contributed by atoms with Gasteiger partial charge in [0.2, 0.25) is 0 Å². The first-order valence-electron chi connectivity index (χ1n) is 7.34. The molecule has 1 heterocycles. The van der Waals surface area contributed by atoms with E-state index in [0.717, 1.165) is 5.56 Å². The van der Waals surface area contributed by atoms with Crippen molar-refractivity contribution in [2.45, 2.75) is 45.0 Å². The molecule has 5 nitrogen and oxygen atoms in total. The number of hydrogen-bond donors (Lipinski definition) is 0. The molecule has 1 aromatic carbocycles. The highest BCUT2D eigenvalue weighted by atomic mass is 17.2. The summed E-state index contributed by atoms with van der Waals surface area (Å²) in [4.78, 5) is 32.9. The van der Waals surface area contributed by atoms with E-state index in [1.807, 2.05) is 30.3 Å². The average Bonchev–Trinajstić information content (AvgIpc) is 2.53. The molecule has 1 aliphatic rings. The Bertz CT molecular complexity index is 515. The minimum absolute atomic E-state index is 0.0322. The third-order valence-electron chi connectivity index (χ3n) is 3.27. The van der Waals surface area contributed by atoms with E-state index >= 15 is 0 Å². The van der Waals surface area contributed by atoms with Crippen molar-refractivity contribution < 1.29 is 24.1 Å². The van der Waals surface area contributed by atoms with Crippen molar-refractivity contribution in [1.82, 2.24) is 0 Å². The lowest BCUT2D eigenvalue weighted by Gasteiger charge is -2.25. The van der Waals surface area contributed by atoms with Gasteiger partial charge in [-0.2, -0.15) is 0 Å². The highest BCUT2D eigenvalue weighted by Crippen LogP contribution is 2.20. The Morgan fingerprint density at radius 2 is 2.00 bits per heavy atom. The van der Waals surface area contributed by atoms with Gasteiger partial charge in [0.15, 0.2) is 5.78 Å². The van der Waals surface area contributed by atoms with Gasteiger partial charge >= 0.3 is 5.97 Å². The number of rotatable bonds is 6. The molecular formula is C17H20O5. The maximum atomic E-state index is 11.8. The third-order valence-corrected chi connectivity index (χ3v) is 3.27. The Balaban J connectivity index is 1.67. The van der Waals surface area contributed by atoms with Gasteiger partial charge in [-0.1, -0.05) is 30.3 Å². The van der Waals surface area contributed by atoms with Crippen LogP contribution in [-0.2, 0) is 30.7 Å². The van der Waals surface area contributed by atoms with E-state index in [2.05, 4.69) is 0 Å². The normalized spacial score (nSPS) is 21.7. The molecule has 0 aromatic heterocycles. The molecule has 1 fully saturated rings. The van der Waals surface area contributed by atoms with Crippen molar-refractivity contribution in [2.75, 3.05) is 0 Å². The maximum absolute atomic E-state index is 11.8. The van der Waals surface area contributed by atoms with Crippen molar-refractivity contribution in [1.29, 1.82) is 0 Å². The van der Waals surface area contributed by atoms with Gasteiger partial charge in [-0.25, -0.2) is 9.78 Å². The standard InChI is InChI=1S/C17H20O5/c1-13(18)7-8-15-9-10-16(22-21-15)11-17(19)20-12-14-5-3-2-4-6-14/h2-8,15-16H,9-12H2,1H3/b8-7-/t15-,16+/m1/s1. The van der Waals surface area contributed by atoms with Crippen LogP contribution in [0.25, 0.3) is 0 Å². The molecule has 1 aliphatic heterocycles. The zero-order valence-corrected chi connectivity index (χ0v) is 12.6. The Kier molecular flexibility index (Phi) is 6.30. The molecule has 0 spiro atoms. The van der Waals surface area contributed by atoms with Crippen LogP contribution in [0.3, 0.4) is 0 Å². The van der Waals surface area contributed by atoms with Gasteiger partial charge in [-0.15, -0.1) is 0 Å². The minimum atomic E-state index is -0.310. The van der Waals surface area contributed by atoms with E-state index in [0.29, 0.717) is 12.8 Å². The fourth-order valence-electron chi connectivity index (χ4n) is 2.09. The molecule has 2 rings (SSSR count). The monoisotopic (exact) mass is 304 g/mol. The Morgan fingerprint density at radius 1 is 1.23 bits per heavy atom. The van der Waals surface area contributed by atoms with Crippen LogP contribution in [0.2, 0.25) is 0 Å². The first-order chi connectivity index (χ1) is 10.6. The number of carbonyl (C=O) groups is 2. The van der Waals surface area contributed by atoms with Gasteiger partial charge < -0.3 is 4.74 Å². The zero-order valence-electron chi connectivity index (χ0n) is 12.6. The summed E-state index contributed by atoms with van der Waals surface area (Å²) in [6.07, 6.45) is 4.16. The molecule has 0 aliphatic carbocycles. The number of esters is 1. The molecule has 0 amide bonds. The predicted molar refractivity (Wildman–Crippen MR) is 79.7 cm³/mol. The maximum Gasteiger partial charge on any atom is 0.308 e. The van der Waals surface area contributed by atoms with Gasteiger partial charge in [0.1, 0.15) is 18.8 Å². The predicted octanol–water partition coefficient (Wildman–Crippen LogP) is 2.74. The Hall–Kier alpha value is -1.98. The molecule has 0 unspecified atom stereocenters. The van der Waals surface area contributed by atoms with E-state index < -0.39 is 0 Å². The summed E-state index contributed by atoms with van der Waals surface area (Å²) in [6, 6.07) is 9.51. The topological polar surface area (TPSA) is 61.8 Å². The van der Waals surface area contributed by atoms with Crippen molar-refractivity contribution in [2.24, 2.45) is 0 Å². The molecule has 1 aromatic rings. The van der Waals surface area contributed by atoms with Crippen molar-refractivity contribution in [3.63, 3.8) is 0 Å². The second-order valence-electron chi connectivity index (χ2n) is 5.25. The molecule has 5 heteroatoms. The van der Waals surface area contributed by atoms with Crippen molar-refractivity contribution in [3.8, 4) is 0 Å². The molecule has 0 N–H and O–H groups in total. The number of hydrogen-bond acceptors (Lipinski definition) is 5. The first kappa shape index (κ1) is 16.4. The van der Waals surface area contributed by atoms with E-state index in [-0.39, 0.29) is 37.0 Å². The third kappa shape index (κ3) is 5.79. The average molecular weight is 304 g/mol. The van der Waals surface area contributed by atoms with E-state index in [1.165, 1.54) is 13.0 Å². The van der Waals surface area contributed by atoms with Crippen LogP contribution in [0, 0.1) is 0 Å². The van der Waals surface area contributed by atoms with Gasteiger partial charge in [-0.05, 0) is 37.5 Å². The minimum Gasteiger partial charge on any atom is -0.461 e. The second-order valence-corrected chi connectivity index (χ2v) is 5.25. The number of allylic oxidation sites excluding steroid dienone is 1. The van der Waals surface area contributed by atoms with E-state index in [1.54, 1.807) is 6.08 Å². The molecular weight excluding hydrogens is 284 g/mol. The number of ether oxygens (including phenoxy) is 1. The van der Waals surface area contributed by atoms with Gasteiger partial charge in [-0.3, -0.25) is 9.59 Å². The van der Waals surface area contributed by atoms with Crippen molar-refractivity contribution >= 4 is 11.8 Å². The van der Waals surface area contributed by atoms with Crippen LogP contribution in [0.15, 0.2) is 42.5 Å². The van der Waals surface area contributed by atoms with Crippen LogP contribution in [0.1, 0.15) is 31.7 Å². The zero-order chi connectivity index (χ0) is 15.8. The quantitative estimate of drug-likeness (QED) is 0.459. The summed E-state index contributed by atoms with van der Waals surface area (Å²) < 4.78 is 5.20. The van der Waals surface area contributed by atoms with Gasteiger partial charge in [0.25, 0.3) is 0 Å². The summed E-state index contributed by atoms with van der Waals surface area (Å²) in [6.45, 7) is 1.74. The number of ketones is 1. The molecule has 2 atom stereocenters. The number of benzene rings is 1. The van der Waals surface area contributed by atoms with Crippen LogP contribution >= 0.6 is 0 Å². The summed E-state index contributed by atoms with van der Waals surface area (Å²) in [5, 5.41) is 0. The molecule has 0 bridgehead atoms. The molecule has 0 saturated carbocycles. The van der Waals surface area contributed by atoms with Crippen LogP contribution in [-0.4, -0.2) is 24.0 Å². The van der Waals surface area contributed by atoms with E-state index in [4.69, 9.17) is 14.5 Å². The van der Waals surface area contributed by atoms with Gasteiger partial charge in [0, 0.05) is 0 Å². The fourth-order valence-corrected chi connectivity index (χ4v) is 2.09. The summed E-state index contributed by atoms with van der Waals surface area (Å²) in [5.41, 5.74) is 0.950. The lowest BCUT2D eigenvalue weighted by molar-refractivity contribution is -0.363. The fraction of sp³-hybridized carbons (Fsp3) is 0.412.